The van der Waals surface area contributed by atoms with E-state index in [9.17, 15) is 0 Å². The number of pyridine rings is 1. The van der Waals surface area contributed by atoms with Crippen LogP contribution < -0.4 is 0 Å². The molecule has 26 heavy (non-hydrogen) atoms. The summed E-state index contributed by atoms with van der Waals surface area (Å²) in [6, 6.07) is 18.1. The van der Waals surface area contributed by atoms with Crippen LogP contribution >= 0.6 is 0 Å². The molecule has 0 saturated carbocycles. The van der Waals surface area contributed by atoms with Gasteiger partial charge in [0.15, 0.2) is 0 Å². The zero-order valence-corrected chi connectivity index (χ0v) is 15.1. The van der Waals surface area contributed by atoms with Crippen LogP contribution in [0.3, 0.4) is 0 Å². The van der Waals surface area contributed by atoms with E-state index in [0.717, 1.165) is 14.4 Å². The second-order valence-electron chi connectivity index (χ2n) is 13.1. The molecule has 5 atom stereocenters. The first kappa shape index (κ1) is 10.1. The molecular weight excluding hydrogens is 362 g/mol. The van der Waals surface area contributed by atoms with Gasteiger partial charge in [0.05, 0.1) is 0 Å². The van der Waals surface area contributed by atoms with Gasteiger partial charge in [-0.3, -0.25) is 0 Å². The third-order valence-corrected chi connectivity index (χ3v) is 60.4. The zero-order valence-electron chi connectivity index (χ0n) is 14.0. The van der Waals surface area contributed by atoms with Gasteiger partial charge >= 0.3 is 140 Å². The van der Waals surface area contributed by atoms with E-state index in [-0.39, 0.29) is 0 Å². The van der Waals surface area contributed by atoms with Crippen molar-refractivity contribution in [3.63, 3.8) is 0 Å². The van der Waals surface area contributed by atoms with Gasteiger partial charge in [0.1, 0.15) is 0 Å². The average molecular weight is 379 g/mol. The molecule has 2 aromatic heterocycles. The van der Waals surface area contributed by atoms with Crippen LogP contribution in [0.2, 0.25) is 38.5 Å². The van der Waals surface area contributed by atoms with Gasteiger partial charge in [-0.1, -0.05) is 0 Å². The Bertz CT molecular complexity index is 1750. The first-order valence-corrected chi connectivity index (χ1v) is 16.4. The minimum atomic E-state index is -3.57. The van der Waals surface area contributed by atoms with Gasteiger partial charge in [0.25, 0.3) is 0 Å². The second-order valence-corrected chi connectivity index (χ2v) is 36.3. The van der Waals surface area contributed by atoms with E-state index in [1.807, 2.05) is 6.26 Å². The van der Waals surface area contributed by atoms with Crippen molar-refractivity contribution in [3.8, 4) is 0 Å². The van der Waals surface area contributed by atoms with Crippen molar-refractivity contribution in [2.75, 3.05) is 0 Å². The zero-order chi connectivity index (χ0) is 16.0. The van der Waals surface area contributed by atoms with Crippen molar-refractivity contribution in [3.05, 3.63) is 66.2 Å². The summed E-state index contributed by atoms with van der Waals surface area (Å²) in [5.41, 5.74) is 2.79. The molecule has 10 fully saturated rings. The molecule has 13 rings (SSSR count). The molecule has 1 spiro atoms. The molecule has 0 amide bonds. The van der Waals surface area contributed by atoms with E-state index >= 15 is 0 Å². The van der Waals surface area contributed by atoms with Gasteiger partial charge in [0.2, 0.25) is 0 Å². The van der Waals surface area contributed by atoms with Crippen LogP contribution in [-0.4, -0.2) is 4.98 Å². The molecule has 12 heterocycles. The molecule has 3 heteroatoms. The fraction of sp³-hybridized carbons (Fsp3) is 0.435. The first-order chi connectivity index (χ1) is 12.6. The van der Waals surface area contributed by atoms with Crippen molar-refractivity contribution in [1.82, 2.24) is 4.98 Å². The SMILES string of the molecule is c1coc([C]23[CH]4[CH]5[C]6(c7ccc8ccccc8n7)[CH]2[Fe]54632789[CH]3[CH]2[CH]7[CH]8[CH]39)c1. The van der Waals surface area contributed by atoms with Crippen molar-refractivity contribution >= 4 is 10.9 Å². The summed E-state index contributed by atoms with van der Waals surface area (Å²) in [5.74, 6) is 1.46. The normalized spacial score (nSPS) is 84.9. The molecule has 1 aromatic carbocycles. The second kappa shape index (κ2) is 1.12. The summed E-state index contributed by atoms with van der Waals surface area (Å²) in [5, 5.41) is 1.31. The van der Waals surface area contributed by atoms with Crippen LogP contribution in [-0.2, 0) is 15.1 Å². The molecule has 10 aliphatic heterocycles. The number of benzene rings is 1. The molecule has 0 aliphatic carbocycles. The maximum absolute atomic E-state index is 6.22. The molecule has 10 aliphatic rings. The number of para-hydroxylation sites is 1. The van der Waals surface area contributed by atoms with Crippen LogP contribution in [0.15, 0.2) is 59.2 Å². The molecular formula is C23H17FeNO. The third kappa shape index (κ3) is 0.148. The Balaban J connectivity index is 1.29. The summed E-state index contributed by atoms with van der Waals surface area (Å²) in [6.45, 7) is -3.57. The fourth-order valence-corrected chi connectivity index (χ4v) is 95.4. The standard InChI is InChI=1S/C18H12NO.C5H5.Fe/c1-2-5-16-13(4-1)9-10-17(19-16)14-7-8-15(12-14)18-6-3-11-20-18;1-2-4-5-3-1;/h1-12H;1-5H;. The van der Waals surface area contributed by atoms with Crippen LogP contribution in [0.5, 0.6) is 0 Å². The molecule has 0 bridgehead atoms. The summed E-state index contributed by atoms with van der Waals surface area (Å²) in [7, 11) is 0. The Morgan fingerprint density at radius 1 is 0.808 bits per heavy atom. The van der Waals surface area contributed by atoms with Gasteiger partial charge in [-0.15, -0.1) is 0 Å². The fourth-order valence-electron chi connectivity index (χ4n) is 19.7. The number of aromatic nitrogens is 1. The topological polar surface area (TPSA) is 26.0 Å². The van der Waals surface area contributed by atoms with Gasteiger partial charge in [0, 0.05) is 0 Å². The molecule has 0 N–H and O–H groups in total. The number of fused-ring (bicyclic) bond motifs is 11. The summed E-state index contributed by atoms with van der Waals surface area (Å²) < 4.78 is 7.51. The van der Waals surface area contributed by atoms with E-state index in [4.69, 9.17) is 9.40 Å². The Kier molecular flexibility index (Phi) is 0.437. The van der Waals surface area contributed by atoms with E-state index in [2.05, 4.69) is 48.5 Å². The molecule has 2 nitrogen and oxygen atoms in total. The molecule has 0 radical (unpaired) electrons. The van der Waals surface area contributed by atoms with E-state index < -0.39 is 6.51 Å². The average Bonchev–Trinajstić information content (AvgIpc) is 3.56. The number of hydrogen-bond donors (Lipinski definition) is 0. The molecule has 128 valence electrons. The van der Waals surface area contributed by atoms with Crippen molar-refractivity contribution in [2.45, 2.75) is 47.2 Å². The van der Waals surface area contributed by atoms with E-state index in [1.54, 1.807) is 5.69 Å². The van der Waals surface area contributed by atoms with Crippen molar-refractivity contribution < 1.29 is 10.9 Å². The van der Waals surface area contributed by atoms with Crippen LogP contribution in [0, 0.1) is 0 Å². The summed E-state index contributed by atoms with van der Waals surface area (Å²) >= 11 is 0. The Morgan fingerprint density at radius 3 is 2.27 bits per heavy atom. The molecule has 3 aromatic rings. The number of furan rings is 1. The molecule has 5 unspecified atom stereocenters. The summed E-state index contributed by atoms with van der Waals surface area (Å²) in [4.78, 5) is 15.0. The summed E-state index contributed by atoms with van der Waals surface area (Å²) in [6.07, 6.45) is 1.96. The van der Waals surface area contributed by atoms with E-state index in [0.29, 0.717) is 8.63 Å². The Hall–Kier alpha value is -1.57. The predicted octanol–water partition coefficient (Wildman–Crippen LogP) is 5.73. The van der Waals surface area contributed by atoms with Gasteiger partial charge in [-0.2, -0.15) is 0 Å². The Morgan fingerprint density at radius 2 is 1.58 bits per heavy atom. The van der Waals surface area contributed by atoms with Crippen molar-refractivity contribution in [1.29, 1.82) is 0 Å². The van der Waals surface area contributed by atoms with Crippen LogP contribution in [0.4, 0.5) is 0 Å². The first-order valence-electron chi connectivity index (χ1n) is 10.2. The van der Waals surface area contributed by atoms with Crippen molar-refractivity contribution in [2.24, 2.45) is 0 Å². The van der Waals surface area contributed by atoms with Gasteiger partial charge in [-0.05, 0) is 0 Å². The van der Waals surface area contributed by atoms with Gasteiger partial charge in [-0.25, -0.2) is 0 Å². The number of nitrogens with zero attached hydrogens (tertiary/aromatic N) is 1. The number of rotatable bonds is 2. The predicted molar refractivity (Wildman–Crippen MR) is 93.8 cm³/mol. The number of hydrogen-bond acceptors (Lipinski definition) is 2. The van der Waals surface area contributed by atoms with Crippen LogP contribution in [0.25, 0.3) is 10.9 Å². The quantitative estimate of drug-likeness (QED) is 0.532. The minimum absolute atomic E-state index is 0.644. The maximum atomic E-state index is 6.22. The monoisotopic (exact) mass is 379 g/mol. The van der Waals surface area contributed by atoms with Crippen LogP contribution in [0.1, 0.15) is 11.5 Å². The van der Waals surface area contributed by atoms with Gasteiger partial charge < -0.3 is 0 Å². The molecule has 10 saturated heterocycles. The van der Waals surface area contributed by atoms with E-state index in [1.165, 1.54) is 40.7 Å². The third-order valence-electron chi connectivity index (χ3n) is 17.7. The Labute approximate surface area is 140 Å².